The molecule has 0 spiro atoms. The minimum Gasteiger partial charge on any atom is -0.389 e. The van der Waals surface area contributed by atoms with Gasteiger partial charge in [-0.2, -0.15) is 5.26 Å². The van der Waals surface area contributed by atoms with Crippen LogP contribution < -0.4 is 0 Å². The number of rotatable bonds is 4. The molecule has 2 bridgehead atoms. The Morgan fingerprint density at radius 2 is 1.81 bits per heavy atom. The van der Waals surface area contributed by atoms with Gasteiger partial charge in [0.2, 0.25) is 0 Å². The molecule has 2 aromatic rings. The van der Waals surface area contributed by atoms with E-state index in [-0.39, 0.29) is 5.82 Å². The maximum absolute atomic E-state index is 14.3. The molecule has 0 radical (unpaired) electrons. The Labute approximate surface area is 160 Å². The van der Waals surface area contributed by atoms with Crippen molar-refractivity contribution in [2.24, 2.45) is 0 Å². The summed E-state index contributed by atoms with van der Waals surface area (Å²) < 4.78 is 14.3. The Morgan fingerprint density at radius 1 is 1.11 bits per heavy atom. The fraction of sp³-hybridized carbons (Fsp3) is 0.435. The summed E-state index contributed by atoms with van der Waals surface area (Å²) in [5.74, 6) is -0.389. The van der Waals surface area contributed by atoms with Gasteiger partial charge in [-0.05, 0) is 48.9 Å². The number of hydrogen-bond acceptors (Lipinski definition) is 3. The van der Waals surface area contributed by atoms with E-state index in [4.69, 9.17) is 5.26 Å². The van der Waals surface area contributed by atoms with Gasteiger partial charge >= 0.3 is 0 Å². The van der Waals surface area contributed by atoms with E-state index >= 15 is 0 Å². The Hall–Kier alpha value is -2.22. The van der Waals surface area contributed by atoms with Crippen LogP contribution in [0.25, 0.3) is 0 Å². The molecule has 4 rings (SSSR count). The molecule has 2 atom stereocenters. The summed E-state index contributed by atoms with van der Waals surface area (Å²) in [4.78, 5) is 2.54. The van der Waals surface area contributed by atoms with E-state index in [0.717, 1.165) is 19.4 Å². The summed E-state index contributed by atoms with van der Waals surface area (Å²) in [5.41, 5.74) is 1.25. The van der Waals surface area contributed by atoms with Crippen molar-refractivity contribution in [1.82, 2.24) is 4.90 Å². The van der Waals surface area contributed by atoms with Gasteiger partial charge in [-0.15, -0.1) is 0 Å². The zero-order valence-electron chi connectivity index (χ0n) is 15.4. The number of benzene rings is 2. The Kier molecular flexibility index (Phi) is 4.99. The van der Waals surface area contributed by atoms with Crippen LogP contribution in [0.5, 0.6) is 0 Å². The van der Waals surface area contributed by atoms with Crippen molar-refractivity contribution in [3.63, 3.8) is 0 Å². The number of halogens is 1. The van der Waals surface area contributed by atoms with Crippen LogP contribution in [0.15, 0.2) is 48.5 Å². The normalized spacial score (nSPS) is 27.9. The Bertz CT molecular complexity index is 831. The highest BCUT2D eigenvalue weighted by Crippen LogP contribution is 2.41. The van der Waals surface area contributed by atoms with E-state index in [1.807, 2.05) is 12.1 Å². The molecule has 2 aliphatic heterocycles. The number of nitriles is 1. The molecule has 0 amide bonds. The fourth-order valence-electron chi connectivity index (χ4n) is 4.93. The minimum atomic E-state index is -0.877. The summed E-state index contributed by atoms with van der Waals surface area (Å²) in [5, 5.41) is 20.2. The first-order valence-electron chi connectivity index (χ1n) is 9.77. The van der Waals surface area contributed by atoms with E-state index in [0.29, 0.717) is 42.5 Å². The lowest BCUT2D eigenvalue weighted by molar-refractivity contribution is -0.0949. The average Bonchev–Trinajstić information content (AvgIpc) is 2.65. The zero-order chi connectivity index (χ0) is 18.9. The average molecular weight is 364 g/mol. The Balaban J connectivity index is 1.51. The number of piperidine rings is 2. The highest BCUT2D eigenvalue weighted by molar-refractivity contribution is 5.33. The maximum Gasteiger partial charge on any atom is 0.127 e. The largest absolute Gasteiger partial charge is 0.389 e. The number of fused-ring (bicyclic) bond motifs is 2. The van der Waals surface area contributed by atoms with Gasteiger partial charge in [-0.3, -0.25) is 4.90 Å². The van der Waals surface area contributed by atoms with Crippen LogP contribution in [-0.4, -0.2) is 27.7 Å². The van der Waals surface area contributed by atoms with Crippen LogP contribution in [0.2, 0.25) is 0 Å². The molecule has 2 aliphatic rings. The summed E-state index contributed by atoms with van der Waals surface area (Å²) in [6, 6.07) is 17.7. The summed E-state index contributed by atoms with van der Waals surface area (Å²) in [6.45, 7) is 0.914. The Morgan fingerprint density at radius 3 is 2.44 bits per heavy atom. The molecule has 2 aromatic carbocycles. The molecule has 27 heavy (non-hydrogen) atoms. The van der Waals surface area contributed by atoms with E-state index in [1.54, 1.807) is 12.1 Å². The van der Waals surface area contributed by atoms with Gasteiger partial charge in [0, 0.05) is 25.0 Å². The first kappa shape index (κ1) is 18.2. The zero-order valence-corrected chi connectivity index (χ0v) is 15.4. The van der Waals surface area contributed by atoms with Gasteiger partial charge in [0.15, 0.2) is 0 Å². The van der Waals surface area contributed by atoms with Crippen molar-refractivity contribution in [3.8, 4) is 6.07 Å². The van der Waals surface area contributed by atoms with Crippen LogP contribution in [0.3, 0.4) is 0 Å². The van der Waals surface area contributed by atoms with Crippen LogP contribution in [0, 0.1) is 17.1 Å². The lowest BCUT2D eigenvalue weighted by Crippen LogP contribution is -2.58. The van der Waals surface area contributed by atoms with Crippen molar-refractivity contribution in [2.75, 3.05) is 0 Å². The second-order valence-corrected chi connectivity index (χ2v) is 8.12. The van der Waals surface area contributed by atoms with Gasteiger partial charge in [0.1, 0.15) is 5.82 Å². The van der Waals surface area contributed by atoms with Gasteiger partial charge in [0.25, 0.3) is 0 Å². The van der Waals surface area contributed by atoms with Gasteiger partial charge < -0.3 is 5.11 Å². The third-order valence-electron chi connectivity index (χ3n) is 6.15. The standard InChI is InChI=1S/C23H25FN2O/c24-22-11-18(15-25)9-10-19(22)12-23(27)13-20-7-4-8-21(14-23)26(20)16-17-5-2-1-3-6-17/h1-3,5-6,9-11,20-21,27H,4,7-8,12-14,16H2. The summed E-state index contributed by atoms with van der Waals surface area (Å²) in [6.07, 6.45) is 5.03. The molecule has 2 unspecified atom stereocenters. The molecular weight excluding hydrogens is 339 g/mol. The predicted octanol–water partition coefficient (Wildman–Crippen LogP) is 4.19. The van der Waals surface area contributed by atoms with Crippen molar-refractivity contribution in [1.29, 1.82) is 5.26 Å². The third kappa shape index (κ3) is 3.90. The van der Waals surface area contributed by atoms with Crippen molar-refractivity contribution in [3.05, 3.63) is 71.0 Å². The lowest BCUT2D eigenvalue weighted by atomic mass is 9.73. The van der Waals surface area contributed by atoms with Crippen LogP contribution >= 0.6 is 0 Å². The monoisotopic (exact) mass is 364 g/mol. The van der Waals surface area contributed by atoms with Crippen LogP contribution in [0.4, 0.5) is 4.39 Å². The first-order chi connectivity index (χ1) is 13.1. The highest BCUT2D eigenvalue weighted by atomic mass is 19.1. The molecule has 2 heterocycles. The van der Waals surface area contributed by atoms with E-state index in [1.165, 1.54) is 18.1 Å². The van der Waals surface area contributed by atoms with Gasteiger partial charge in [-0.1, -0.05) is 42.8 Å². The van der Waals surface area contributed by atoms with E-state index < -0.39 is 5.60 Å². The van der Waals surface area contributed by atoms with E-state index in [2.05, 4.69) is 29.2 Å². The summed E-state index contributed by atoms with van der Waals surface area (Å²) in [7, 11) is 0. The molecule has 2 saturated heterocycles. The smallest absolute Gasteiger partial charge is 0.127 e. The molecule has 1 N–H and O–H groups in total. The van der Waals surface area contributed by atoms with Crippen LogP contribution in [-0.2, 0) is 13.0 Å². The lowest BCUT2D eigenvalue weighted by Gasteiger charge is -2.52. The molecule has 140 valence electrons. The molecule has 0 saturated carbocycles. The molecule has 3 nitrogen and oxygen atoms in total. The fourth-order valence-corrected chi connectivity index (χ4v) is 4.93. The minimum absolute atomic E-state index is 0.316. The molecule has 0 aromatic heterocycles. The number of aliphatic hydroxyl groups is 1. The topological polar surface area (TPSA) is 47.3 Å². The molecular formula is C23H25FN2O. The number of hydrogen-bond donors (Lipinski definition) is 1. The van der Waals surface area contributed by atoms with Crippen molar-refractivity contribution in [2.45, 2.75) is 62.8 Å². The molecule has 2 fully saturated rings. The summed E-state index contributed by atoms with van der Waals surface area (Å²) >= 11 is 0. The van der Waals surface area contributed by atoms with E-state index in [9.17, 15) is 9.50 Å². The second kappa shape index (κ2) is 7.42. The highest BCUT2D eigenvalue weighted by Gasteiger charge is 2.45. The SMILES string of the molecule is N#Cc1ccc(CC2(O)CC3CCCC(C2)N3Cc2ccccc2)c(F)c1. The molecule has 4 heteroatoms. The molecule has 0 aliphatic carbocycles. The van der Waals surface area contributed by atoms with Gasteiger partial charge in [-0.25, -0.2) is 4.39 Å². The third-order valence-corrected chi connectivity index (χ3v) is 6.15. The number of nitrogens with zero attached hydrogens (tertiary/aromatic N) is 2. The maximum atomic E-state index is 14.3. The van der Waals surface area contributed by atoms with Crippen molar-refractivity contribution >= 4 is 0 Å². The predicted molar refractivity (Wildman–Crippen MR) is 102 cm³/mol. The second-order valence-electron chi connectivity index (χ2n) is 8.12. The van der Waals surface area contributed by atoms with Crippen molar-refractivity contribution < 1.29 is 9.50 Å². The van der Waals surface area contributed by atoms with Crippen LogP contribution in [0.1, 0.15) is 48.8 Å². The van der Waals surface area contributed by atoms with Gasteiger partial charge in [0.05, 0.1) is 17.2 Å². The first-order valence-corrected chi connectivity index (χ1v) is 9.77. The quantitative estimate of drug-likeness (QED) is 0.885.